The van der Waals surface area contributed by atoms with Gasteiger partial charge < -0.3 is 4.84 Å². The van der Waals surface area contributed by atoms with Gasteiger partial charge in [0.2, 0.25) is 0 Å². The third-order valence-electron chi connectivity index (χ3n) is 0.870. The molecule has 0 fully saturated rings. The molecule has 0 aliphatic carbocycles. The summed E-state index contributed by atoms with van der Waals surface area (Å²) >= 11 is 0. The van der Waals surface area contributed by atoms with E-state index in [4.69, 9.17) is 0 Å². The molecule has 1 aromatic rings. The molecular weight excluding hydrogens is 134 g/mol. The maximum Gasteiger partial charge on any atom is 0.336 e. The van der Waals surface area contributed by atoms with Gasteiger partial charge in [-0.3, -0.25) is 0 Å². The van der Waals surface area contributed by atoms with Crippen molar-refractivity contribution in [2.24, 2.45) is 0 Å². The van der Waals surface area contributed by atoms with Crippen LogP contribution in [0.15, 0.2) is 12.4 Å². The summed E-state index contributed by atoms with van der Waals surface area (Å²) in [6.07, 6.45) is 3.19. The highest BCUT2D eigenvalue weighted by Crippen LogP contribution is 1.78. The maximum absolute atomic E-state index is 10.6. The highest BCUT2D eigenvalue weighted by atomic mass is 16.7. The minimum absolute atomic E-state index is 0.321. The molecule has 0 saturated heterocycles. The lowest BCUT2D eigenvalue weighted by Gasteiger charge is -1.95. The molecule has 54 valence electrons. The summed E-state index contributed by atoms with van der Waals surface area (Å²) in [5, 5.41) is 7.13. The van der Waals surface area contributed by atoms with E-state index in [-0.39, 0.29) is 5.97 Å². The van der Waals surface area contributed by atoms with Crippen LogP contribution < -0.4 is 4.84 Å². The fraction of sp³-hybridized carbons (Fsp3) is 0.400. The maximum atomic E-state index is 10.6. The number of rotatable bonds is 2. The van der Waals surface area contributed by atoms with Gasteiger partial charge >= 0.3 is 5.97 Å². The Balaban J connectivity index is 2.48. The monoisotopic (exact) mass is 141 g/mol. The molecule has 0 bridgehead atoms. The molecule has 1 rings (SSSR count). The Morgan fingerprint density at radius 3 is 2.70 bits per heavy atom. The molecule has 0 saturated carbocycles. The van der Waals surface area contributed by atoms with E-state index in [9.17, 15) is 4.79 Å². The van der Waals surface area contributed by atoms with Gasteiger partial charge in [0.1, 0.15) is 0 Å². The van der Waals surface area contributed by atoms with E-state index in [1.165, 1.54) is 12.4 Å². The molecule has 0 radical (unpaired) electrons. The Morgan fingerprint density at radius 1 is 1.60 bits per heavy atom. The molecule has 0 amide bonds. The quantitative estimate of drug-likeness (QED) is 0.564. The Labute approximate surface area is 57.6 Å². The second kappa shape index (κ2) is 2.95. The molecule has 0 unspecified atom stereocenters. The molecule has 5 heteroatoms. The summed E-state index contributed by atoms with van der Waals surface area (Å²) in [7, 11) is 0. The van der Waals surface area contributed by atoms with Crippen LogP contribution in [-0.4, -0.2) is 21.1 Å². The van der Waals surface area contributed by atoms with Gasteiger partial charge in [-0.1, -0.05) is 6.92 Å². The number of nitrogens with zero attached hydrogens (tertiary/aromatic N) is 3. The summed E-state index contributed by atoms with van der Waals surface area (Å²) in [6, 6.07) is 0. The number of hydrogen-bond donors (Lipinski definition) is 0. The van der Waals surface area contributed by atoms with Crippen LogP contribution in [0.25, 0.3) is 0 Å². The second-order valence-electron chi connectivity index (χ2n) is 1.60. The molecule has 10 heavy (non-hydrogen) atoms. The van der Waals surface area contributed by atoms with Gasteiger partial charge in [0, 0.05) is 11.4 Å². The fourth-order valence-corrected chi connectivity index (χ4v) is 0.406. The zero-order valence-electron chi connectivity index (χ0n) is 5.52. The Hall–Kier alpha value is -1.39. The van der Waals surface area contributed by atoms with E-state index in [1.54, 1.807) is 6.92 Å². The number of carbonyl (C=O) groups excluding carboxylic acids is 1. The second-order valence-corrected chi connectivity index (χ2v) is 1.60. The highest BCUT2D eigenvalue weighted by molar-refractivity contribution is 5.68. The van der Waals surface area contributed by atoms with Crippen molar-refractivity contribution >= 4 is 5.97 Å². The first-order chi connectivity index (χ1) is 4.83. The summed E-state index contributed by atoms with van der Waals surface area (Å²) in [5.41, 5.74) is 0. The van der Waals surface area contributed by atoms with E-state index < -0.39 is 0 Å². The molecule has 0 atom stereocenters. The van der Waals surface area contributed by atoms with Crippen LogP contribution >= 0.6 is 0 Å². The van der Waals surface area contributed by atoms with Crippen molar-refractivity contribution in [3.63, 3.8) is 0 Å². The summed E-state index contributed by atoms with van der Waals surface area (Å²) in [5.74, 6) is -0.351. The van der Waals surface area contributed by atoms with E-state index in [0.29, 0.717) is 6.42 Å². The first-order valence-corrected chi connectivity index (χ1v) is 2.90. The molecule has 0 N–H and O–H groups in total. The molecule has 0 spiro atoms. The topological polar surface area (TPSA) is 57.0 Å². The molecule has 0 aliphatic rings. The van der Waals surface area contributed by atoms with Gasteiger partial charge in [-0.15, -0.1) is 10.2 Å². The molecule has 0 aliphatic heterocycles. The summed E-state index contributed by atoms with van der Waals surface area (Å²) in [6.45, 7) is 1.70. The van der Waals surface area contributed by atoms with E-state index in [1.807, 2.05) is 0 Å². The smallest absolute Gasteiger partial charge is 0.302 e. The third-order valence-corrected chi connectivity index (χ3v) is 0.870. The number of aromatic nitrogens is 3. The zero-order chi connectivity index (χ0) is 7.40. The SMILES string of the molecule is CCC(=O)On1nccn1. The molecular formula is C5H7N3O2. The van der Waals surface area contributed by atoms with Crippen molar-refractivity contribution in [3.8, 4) is 0 Å². The Morgan fingerprint density at radius 2 is 2.20 bits per heavy atom. The van der Waals surface area contributed by atoms with E-state index in [0.717, 1.165) is 4.96 Å². The van der Waals surface area contributed by atoms with Crippen LogP contribution in [-0.2, 0) is 4.79 Å². The van der Waals surface area contributed by atoms with Crippen LogP contribution in [0.1, 0.15) is 13.3 Å². The van der Waals surface area contributed by atoms with Crippen LogP contribution in [0.2, 0.25) is 0 Å². The minimum Gasteiger partial charge on any atom is -0.302 e. The average molecular weight is 141 g/mol. The zero-order valence-corrected chi connectivity index (χ0v) is 5.52. The van der Waals surface area contributed by atoms with Gasteiger partial charge in [0.05, 0.1) is 12.4 Å². The molecule has 1 heterocycles. The predicted molar refractivity (Wildman–Crippen MR) is 31.9 cm³/mol. The van der Waals surface area contributed by atoms with Crippen molar-refractivity contribution in [1.29, 1.82) is 0 Å². The largest absolute Gasteiger partial charge is 0.336 e. The normalized spacial score (nSPS) is 9.30. The van der Waals surface area contributed by atoms with Gasteiger partial charge in [0.15, 0.2) is 0 Å². The van der Waals surface area contributed by atoms with Crippen molar-refractivity contribution in [1.82, 2.24) is 15.2 Å². The van der Waals surface area contributed by atoms with Crippen LogP contribution in [0.3, 0.4) is 0 Å². The van der Waals surface area contributed by atoms with Crippen molar-refractivity contribution < 1.29 is 9.63 Å². The van der Waals surface area contributed by atoms with E-state index >= 15 is 0 Å². The minimum atomic E-state index is -0.351. The molecule has 0 aromatic carbocycles. The van der Waals surface area contributed by atoms with Crippen LogP contribution in [0.5, 0.6) is 0 Å². The van der Waals surface area contributed by atoms with Crippen molar-refractivity contribution in [3.05, 3.63) is 12.4 Å². The fourth-order valence-electron chi connectivity index (χ4n) is 0.406. The van der Waals surface area contributed by atoms with Gasteiger partial charge in [0.25, 0.3) is 0 Å². The molecule has 1 aromatic heterocycles. The van der Waals surface area contributed by atoms with Crippen molar-refractivity contribution in [2.75, 3.05) is 0 Å². The highest BCUT2D eigenvalue weighted by Gasteiger charge is 1.99. The third kappa shape index (κ3) is 1.54. The lowest BCUT2D eigenvalue weighted by atomic mass is 10.5. The van der Waals surface area contributed by atoms with E-state index in [2.05, 4.69) is 15.0 Å². The standard InChI is InChI=1S/C5H7N3O2/c1-2-5(9)10-8-6-3-4-7-8/h3-4H,2H2,1H3. The summed E-state index contributed by atoms with van der Waals surface area (Å²) < 4.78 is 0. The van der Waals surface area contributed by atoms with Gasteiger partial charge in [-0.25, -0.2) is 4.79 Å². The number of carbonyl (C=O) groups is 1. The van der Waals surface area contributed by atoms with Crippen LogP contribution in [0, 0.1) is 0 Å². The van der Waals surface area contributed by atoms with Gasteiger partial charge in [-0.2, -0.15) is 0 Å². The summed E-state index contributed by atoms with van der Waals surface area (Å²) in [4.78, 5) is 16.0. The van der Waals surface area contributed by atoms with Crippen molar-refractivity contribution in [2.45, 2.75) is 13.3 Å². The Kier molecular flexibility index (Phi) is 1.99. The Bertz CT molecular complexity index is 207. The first-order valence-electron chi connectivity index (χ1n) is 2.90. The lowest BCUT2D eigenvalue weighted by molar-refractivity contribution is -0.147. The van der Waals surface area contributed by atoms with Gasteiger partial charge in [-0.05, 0) is 0 Å². The lowest BCUT2D eigenvalue weighted by Crippen LogP contribution is -2.20. The molecule has 5 nitrogen and oxygen atoms in total. The predicted octanol–water partition coefficient (Wildman–Crippen LogP) is -0.357. The first kappa shape index (κ1) is 6.73. The number of hydrogen-bond acceptors (Lipinski definition) is 4. The van der Waals surface area contributed by atoms with Crippen LogP contribution in [0.4, 0.5) is 0 Å². The average Bonchev–Trinajstić information content (AvgIpc) is 2.40.